The molecule has 0 aliphatic carbocycles. The van der Waals surface area contributed by atoms with Crippen LogP contribution in [0.5, 0.6) is 0 Å². The van der Waals surface area contributed by atoms with Gasteiger partial charge in [-0.1, -0.05) is 42.5 Å². The molecule has 2 amide bonds. The zero-order chi connectivity index (χ0) is 16.2. The van der Waals surface area contributed by atoms with E-state index in [1.54, 1.807) is 24.3 Å². The van der Waals surface area contributed by atoms with E-state index in [-0.39, 0.29) is 13.2 Å². The zero-order valence-electron chi connectivity index (χ0n) is 12.4. The van der Waals surface area contributed by atoms with E-state index >= 15 is 0 Å². The highest BCUT2D eigenvalue weighted by Gasteiger charge is 2.35. The van der Waals surface area contributed by atoms with E-state index in [1.807, 2.05) is 30.3 Å². The van der Waals surface area contributed by atoms with Crippen LogP contribution in [0.25, 0.3) is 0 Å². The molecule has 0 unspecified atom stereocenters. The van der Waals surface area contributed by atoms with Gasteiger partial charge in [-0.25, -0.2) is 4.90 Å². The first-order valence-electron chi connectivity index (χ1n) is 7.31. The van der Waals surface area contributed by atoms with Gasteiger partial charge in [-0.15, -0.1) is 0 Å². The third-order valence-corrected chi connectivity index (χ3v) is 3.69. The van der Waals surface area contributed by atoms with Gasteiger partial charge in [0.15, 0.2) is 6.73 Å². The highest BCUT2D eigenvalue weighted by Crippen LogP contribution is 2.22. The second-order valence-electron chi connectivity index (χ2n) is 5.21. The van der Waals surface area contributed by atoms with E-state index in [9.17, 15) is 14.4 Å². The van der Waals surface area contributed by atoms with Gasteiger partial charge in [0, 0.05) is 6.42 Å². The highest BCUT2D eigenvalue weighted by molar-refractivity contribution is 6.21. The van der Waals surface area contributed by atoms with Crippen molar-refractivity contribution in [1.82, 2.24) is 4.90 Å². The van der Waals surface area contributed by atoms with Gasteiger partial charge in [0.2, 0.25) is 0 Å². The SMILES string of the molecule is O=C(CCc1ccccc1)OCN1C(=O)c2ccccc2C1=O. The van der Waals surface area contributed by atoms with Crippen molar-refractivity contribution in [2.24, 2.45) is 0 Å². The normalized spacial score (nSPS) is 13.1. The van der Waals surface area contributed by atoms with Crippen LogP contribution < -0.4 is 0 Å². The fourth-order valence-corrected chi connectivity index (χ4v) is 2.46. The second-order valence-corrected chi connectivity index (χ2v) is 5.21. The molecule has 0 aromatic heterocycles. The van der Waals surface area contributed by atoms with Crippen molar-refractivity contribution in [3.8, 4) is 0 Å². The van der Waals surface area contributed by atoms with Gasteiger partial charge in [-0.3, -0.25) is 14.4 Å². The number of carbonyl (C=O) groups excluding carboxylic acids is 3. The highest BCUT2D eigenvalue weighted by atomic mass is 16.5. The van der Waals surface area contributed by atoms with Crippen molar-refractivity contribution < 1.29 is 19.1 Å². The molecule has 0 saturated carbocycles. The third kappa shape index (κ3) is 3.13. The van der Waals surface area contributed by atoms with Crippen LogP contribution in [-0.4, -0.2) is 29.4 Å². The Labute approximate surface area is 133 Å². The van der Waals surface area contributed by atoms with Gasteiger partial charge in [0.25, 0.3) is 11.8 Å². The second kappa shape index (κ2) is 6.44. The molecule has 1 heterocycles. The molecule has 0 atom stereocenters. The molecule has 116 valence electrons. The lowest BCUT2D eigenvalue weighted by molar-refractivity contribution is -0.146. The van der Waals surface area contributed by atoms with E-state index in [0.717, 1.165) is 10.5 Å². The number of imide groups is 1. The Balaban J connectivity index is 1.54. The number of rotatable bonds is 5. The maximum absolute atomic E-state index is 12.1. The molecule has 0 spiro atoms. The number of aryl methyl sites for hydroxylation is 1. The van der Waals surface area contributed by atoms with Gasteiger partial charge in [-0.2, -0.15) is 0 Å². The van der Waals surface area contributed by atoms with Gasteiger partial charge < -0.3 is 4.74 Å². The summed E-state index contributed by atoms with van der Waals surface area (Å²) in [5.74, 6) is -1.30. The van der Waals surface area contributed by atoms with Crippen LogP contribution in [-0.2, 0) is 16.0 Å². The monoisotopic (exact) mass is 309 g/mol. The predicted octanol–water partition coefficient (Wildman–Crippen LogP) is 2.42. The Morgan fingerprint density at radius 1 is 0.870 bits per heavy atom. The van der Waals surface area contributed by atoms with Crippen molar-refractivity contribution in [1.29, 1.82) is 0 Å². The standard InChI is InChI=1S/C18H15NO4/c20-16(11-10-13-6-2-1-3-7-13)23-12-19-17(21)14-8-4-5-9-15(14)18(19)22/h1-9H,10-12H2. The summed E-state index contributed by atoms with van der Waals surface area (Å²) in [6.45, 7) is -0.347. The summed E-state index contributed by atoms with van der Waals surface area (Å²) < 4.78 is 5.07. The van der Waals surface area contributed by atoms with Crippen molar-refractivity contribution in [2.75, 3.05) is 6.73 Å². The maximum atomic E-state index is 12.1. The zero-order valence-corrected chi connectivity index (χ0v) is 12.4. The Bertz CT molecular complexity index is 720. The molecule has 2 aromatic carbocycles. The van der Waals surface area contributed by atoms with Crippen molar-refractivity contribution in [3.63, 3.8) is 0 Å². The number of nitrogens with zero attached hydrogens (tertiary/aromatic N) is 1. The molecular formula is C18H15NO4. The molecule has 0 radical (unpaired) electrons. The van der Waals surface area contributed by atoms with Gasteiger partial charge >= 0.3 is 5.97 Å². The van der Waals surface area contributed by atoms with Gasteiger partial charge in [-0.05, 0) is 24.1 Å². The molecule has 0 saturated heterocycles. The molecule has 23 heavy (non-hydrogen) atoms. The minimum absolute atomic E-state index is 0.202. The van der Waals surface area contributed by atoms with Crippen molar-refractivity contribution in [3.05, 3.63) is 71.3 Å². The van der Waals surface area contributed by atoms with E-state index in [1.165, 1.54) is 0 Å². The Hall–Kier alpha value is -2.95. The number of benzene rings is 2. The van der Waals surface area contributed by atoms with Crippen LogP contribution in [0.15, 0.2) is 54.6 Å². The van der Waals surface area contributed by atoms with E-state index in [0.29, 0.717) is 17.5 Å². The lowest BCUT2D eigenvalue weighted by Gasteiger charge is -2.13. The Kier molecular flexibility index (Phi) is 4.19. The lowest BCUT2D eigenvalue weighted by atomic mass is 10.1. The summed E-state index contributed by atoms with van der Waals surface area (Å²) in [6, 6.07) is 16.1. The van der Waals surface area contributed by atoms with Crippen molar-refractivity contribution >= 4 is 17.8 Å². The molecule has 0 N–H and O–H groups in total. The fourth-order valence-electron chi connectivity index (χ4n) is 2.46. The summed E-state index contributed by atoms with van der Waals surface area (Å²) in [4.78, 5) is 37.0. The molecule has 0 fully saturated rings. The largest absolute Gasteiger partial charge is 0.444 e. The van der Waals surface area contributed by atoms with Crippen molar-refractivity contribution in [2.45, 2.75) is 12.8 Å². The van der Waals surface area contributed by atoms with E-state index in [4.69, 9.17) is 4.74 Å². The van der Waals surface area contributed by atoms with Crippen LogP contribution in [0.4, 0.5) is 0 Å². The number of carbonyl (C=O) groups is 3. The number of fused-ring (bicyclic) bond motifs is 1. The van der Waals surface area contributed by atoms with Gasteiger partial charge in [0.05, 0.1) is 11.1 Å². The average Bonchev–Trinajstić information content (AvgIpc) is 2.83. The number of amides is 2. The summed E-state index contributed by atoms with van der Waals surface area (Å²) >= 11 is 0. The van der Waals surface area contributed by atoms with E-state index < -0.39 is 17.8 Å². The maximum Gasteiger partial charge on any atom is 0.307 e. The quantitative estimate of drug-likeness (QED) is 0.628. The van der Waals surface area contributed by atoms with Crippen LogP contribution in [0.2, 0.25) is 0 Å². The minimum atomic E-state index is -0.439. The average molecular weight is 309 g/mol. The first-order chi connectivity index (χ1) is 11.2. The topological polar surface area (TPSA) is 63.7 Å². The third-order valence-electron chi connectivity index (χ3n) is 3.69. The molecule has 1 aliphatic rings. The molecule has 1 aliphatic heterocycles. The molecule has 5 nitrogen and oxygen atoms in total. The smallest absolute Gasteiger partial charge is 0.307 e. The molecular weight excluding hydrogens is 294 g/mol. The number of esters is 1. The first kappa shape index (κ1) is 15.0. The minimum Gasteiger partial charge on any atom is -0.444 e. The summed E-state index contributed by atoms with van der Waals surface area (Å²) in [7, 11) is 0. The lowest BCUT2D eigenvalue weighted by Crippen LogP contribution is -2.33. The van der Waals surface area contributed by atoms with Gasteiger partial charge in [0.1, 0.15) is 0 Å². The molecule has 2 aromatic rings. The number of hydrogen-bond acceptors (Lipinski definition) is 4. The Morgan fingerprint density at radius 2 is 1.43 bits per heavy atom. The van der Waals surface area contributed by atoms with Crippen LogP contribution in [0.3, 0.4) is 0 Å². The molecule has 3 rings (SSSR count). The van der Waals surface area contributed by atoms with Crippen LogP contribution in [0.1, 0.15) is 32.7 Å². The number of ether oxygens (including phenoxy) is 1. The fraction of sp³-hybridized carbons (Fsp3) is 0.167. The molecule has 5 heteroatoms. The molecule has 0 bridgehead atoms. The van der Waals surface area contributed by atoms with Crippen LogP contribution >= 0.6 is 0 Å². The summed E-state index contributed by atoms with van der Waals surface area (Å²) in [6.07, 6.45) is 0.759. The number of hydrogen-bond donors (Lipinski definition) is 0. The van der Waals surface area contributed by atoms with Crippen LogP contribution in [0, 0.1) is 0 Å². The summed E-state index contributed by atoms with van der Waals surface area (Å²) in [5, 5.41) is 0. The first-order valence-corrected chi connectivity index (χ1v) is 7.31. The summed E-state index contributed by atoms with van der Waals surface area (Å²) in [5.41, 5.74) is 1.72. The predicted molar refractivity (Wildman–Crippen MR) is 82.7 cm³/mol. The Morgan fingerprint density at radius 3 is 2.04 bits per heavy atom. The van der Waals surface area contributed by atoms with E-state index in [2.05, 4.69) is 0 Å².